The molecule has 6 nitrogen and oxygen atoms in total. The van der Waals surface area contributed by atoms with Gasteiger partial charge in [-0.15, -0.1) is 0 Å². The van der Waals surface area contributed by atoms with E-state index in [0.29, 0.717) is 27.4 Å². The minimum Gasteiger partial charge on any atom is -0.366 e. The highest BCUT2D eigenvalue weighted by Gasteiger charge is 2.21. The molecule has 0 unspecified atom stereocenters. The molecule has 2 heterocycles. The second-order valence-electron chi connectivity index (χ2n) is 4.45. The van der Waals surface area contributed by atoms with Gasteiger partial charge in [-0.2, -0.15) is 0 Å². The van der Waals surface area contributed by atoms with Gasteiger partial charge in [-0.05, 0) is 35.7 Å². The molecule has 2 rings (SSSR count). The van der Waals surface area contributed by atoms with E-state index in [0.717, 1.165) is 12.8 Å². The minimum absolute atomic E-state index is 0.00201. The number of halogens is 1. The van der Waals surface area contributed by atoms with Gasteiger partial charge in [-0.1, -0.05) is 0 Å². The third-order valence-corrected chi connectivity index (χ3v) is 5.52. The van der Waals surface area contributed by atoms with E-state index in [1.165, 1.54) is 6.20 Å². The van der Waals surface area contributed by atoms with Crippen LogP contribution in [0.15, 0.2) is 10.7 Å². The highest BCUT2D eigenvalue weighted by atomic mass is 79.9. The molecule has 0 saturated carbocycles. The summed E-state index contributed by atoms with van der Waals surface area (Å²) in [7, 11) is -0.700. The predicted molar refractivity (Wildman–Crippen MR) is 77.8 cm³/mol. The maximum absolute atomic E-state index is 11.3. The Morgan fingerprint density at radius 1 is 1.53 bits per heavy atom. The second kappa shape index (κ2) is 5.96. The zero-order valence-electron chi connectivity index (χ0n) is 10.4. The molecule has 0 spiro atoms. The Kier molecular flexibility index (Phi) is 4.51. The van der Waals surface area contributed by atoms with Crippen molar-refractivity contribution in [3.63, 3.8) is 0 Å². The summed E-state index contributed by atoms with van der Waals surface area (Å²) in [5, 5.41) is 14.1. The number of nitro groups is 1. The molecule has 1 aromatic rings. The second-order valence-corrected chi connectivity index (χ2v) is 6.94. The van der Waals surface area contributed by atoms with Crippen LogP contribution in [0.2, 0.25) is 0 Å². The minimum atomic E-state index is -0.700. The first-order valence-corrected chi connectivity index (χ1v) is 8.18. The van der Waals surface area contributed by atoms with Gasteiger partial charge >= 0.3 is 0 Å². The molecule has 104 valence electrons. The Bertz CT molecular complexity index is 528. The van der Waals surface area contributed by atoms with Crippen molar-refractivity contribution < 1.29 is 9.13 Å². The van der Waals surface area contributed by atoms with Gasteiger partial charge in [0.2, 0.25) is 0 Å². The molecule has 8 heteroatoms. The first-order valence-electron chi connectivity index (χ1n) is 5.90. The van der Waals surface area contributed by atoms with Crippen LogP contribution in [0.3, 0.4) is 0 Å². The maximum Gasteiger partial charge on any atom is 0.291 e. The topological polar surface area (TPSA) is 85.1 Å². The molecule has 0 aromatic carbocycles. The molecule has 1 aromatic heterocycles. The maximum atomic E-state index is 11.3. The number of anilines is 1. The van der Waals surface area contributed by atoms with Crippen molar-refractivity contribution in [3.8, 4) is 0 Å². The lowest BCUT2D eigenvalue weighted by Crippen LogP contribution is -2.29. The Morgan fingerprint density at radius 2 is 2.16 bits per heavy atom. The van der Waals surface area contributed by atoms with Gasteiger partial charge in [-0.3, -0.25) is 14.3 Å². The lowest BCUT2D eigenvalue weighted by molar-refractivity contribution is -0.385. The van der Waals surface area contributed by atoms with Gasteiger partial charge in [0, 0.05) is 33.9 Å². The lowest BCUT2D eigenvalue weighted by atomic mass is 10.1. The van der Waals surface area contributed by atoms with Gasteiger partial charge in [0.05, 0.1) is 9.40 Å². The molecular formula is C11H14BrN3O3S. The smallest absolute Gasteiger partial charge is 0.291 e. The van der Waals surface area contributed by atoms with Gasteiger partial charge in [0.25, 0.3) is 5.69 Å². The summed E-state index contributed by atoms with van der Waals surface area (Å²) in [5.74, 6) is 2.00. The molecular weight excluding hydrogens is 334 g/mol. The number of nitrogens with one attached hydrogen (secondary N) is 1. The van der Waals surface area contributed by atoms with Crippen LogP contribution in [0, 0.1) is 17.0 Å². The number of nitrogens with zero attached hydrogens (tertiary/aromatic N) is 2. The number of aromatic nitrogens is 1. The molecule has 0 radical (unpaired) electrons. The van der Waals surface area contributed by atoms with E-state index in [1.54, 1.807) is 6.92 Å². The van der Waals surface area contributed by atoms with Gasteiger partial charge in [0.15, 0.2) is 0 Å². The Labute approximate surface area is 121 Å². The summed E-state index contributed by atoms with van der Waals surface area (Å²) in [6.45, 7) is 1.69. The summed E-state index contributed by atoms with van der Waals surface area (Å²) in [6.07, 6.45) is 2.93. The fourth-order valence-electron chi connectivity index (χ4n) is 1.99. The summed E-state index contributed by atoms with van der Waals surface area (Å²) in [5.41, 5.74) is 0.559. The van der Waals surface area contributed by atoms with E-state index < -0.39 is 15.7 Å². The Hall–Kier alpha value is -1.02. The molecule has 0 atom stereocenters. The van der Waals surface area contributed by atoms with Crippen molar-refractivity contribution in [3.05, 3.63) is 26.3 Å². The van der Waals surface area contributed by atoms with Crippen LogP contribution in [-0.2, 0) is 10.8 Å². The highest BCUT2D eigenvalue weighted by Crippen LogP contribution is 2.31. The largest absolute Gasteiger partial charge is 0.366 e. The van der Waals surface area contributed by atoms with Crippen LogP contribution in [0.1, 0.15) is 18.4 Å². The van der Waals surface area contributed by atoms with Gasteiger partial charge in [0.1, 0.15) is 12.0 Å². The average molecular weight is 348 g/mol. The number of rotatable bonds is 3. The number of pyridine rings is 1. The van der Waals surface area contributed by atoms with Crippen LogP contribution < -0.4 is 5.32 Å². The lowest BCUT2D eigenvalue weighted by Gasteiger charge is -2.23. The molecule has 1 aliphatic rings. The molecule has 1 saturated heterocycles. The van der Waals surface area contributed by atoms with Crippen molar-refractivity contribution in [2.45, 2.75) is 25.8 Å². The van der Waals surface area contributed by atoms with Crippen LogP contribution in [-0.4, -0.2) is 31.7 Å². The van der Waals surface area contributed by atoms with Crippen molar-refractivity contribution in [2.24, 2.45) is 0 Å². The van der Waals surface area contributed by atoms with E-state index in [2.05, 4.69) is 26.2 Å². The molecule has 19 heavy (non-hydrogen) atoms. The fourth-order valence-corrected chi connectivity index (χ4v) is 3.70. The number of hydrogen-bond acceptors (Lipinski definition) is 5. The van der Waals surface area contributed by atoms with Crippen LogP contribution in [0.25, 0.3) is 0 Å². The van der Waals surface area contributed by atoms with Crippen LogP contribution >= 0.6 is 15.9 Å². The molecule has 0 amide bonds. The molecule has 1 fully saturated rings. The Balaban J connectivity index is 2.15. The van der Waals surface area contributed by atoms with Crippen molar-refractivity contribution in [1.82, 2.24) is 4.98 Å². The number of hydrogen-bond donors (Lipinski definition) is 1. The molecule has 0 aliphatic carbocycles. The summed E-state index contributed by atoms with van der Waals surface area (Å²) in [6, 6.07) is 0.224. The third-order valence-electron chi connectivity index (χ3n) is 3.16. The highest BCUT2D eigenvalue weighted by molar-refractivity contribution is 9.10. The monoisotopic (exact) mass is 347 g/mol. The van der Waals surface area contributed by atoms with E-state index in [1.807, 2.05) is 0 Å². The first-order chi connectivity index (χ1) is 8.99. The zero-order chi connectivity index (χ0) is 14.0. The quantitative estimate of drug-likeness (QED) is 0.670. The van der Waals surface area contributed by atoms with Gasteiger partial charge in [-0.25, -0.2) is 4.98 Å². The van der Waals surface area contributed by atoms with Crippen molar-refractivity contribution >= 4 is 38.2 Å². The van der Waals surface area contributed by atoms with E-state index in [4.69, 9.17) is 0 Å². The fraction of sp³-hybridized carbons (Fsp3) is 0.545. The van der Waals surface area contributed by atoms with E-state index in [9.17, 15) is 14.3 Å². The van der Waals surface area contributed by atoms with E-state index >= 15 is 0 Å². The first kappa shape index (κ1) is 14.4. The third kappa shape index (κ3) is 3.30. The molecule has 1 aliphatic heterocycles. The van der Waals surface area contributed by atoms with Crippen LogP contribution in [0.4, 0.5) is 11.5 Å². The van der Waals surface area contributed by atoms with E-state index in [-0.39, 0.29) is 11.7 Å². The van der Waals surface area contributed by atoms with Crippen LogP contribution in [0.5, 0.6) is 0 Å². The summed E-state index contributed by atoms with van der Waals surface area (Å²) < 4.78 is 11.9. The predicted octanol–water partition coefficient (Wildman–Crippen LogP) is 2.38. The molecule has 0 bridgehead atoms. The SMILES string of the molecule is Cc1c([N+](=O)[O-])cnc(NC2CCS(=O)CC2)c1Br. The standard InChI is InChI=1S/C11H14BrN3O3S/c1-7-9(15(16)17)6-13-11(10(7)12)14-8-2-4-19(18)5-3-8/h6,8H,2-5H2,1H3,(H,13,14). The Morgan fingerprint density at radius 3 is 2.74 bits per heavy atom. The van der Waals surface area contributed by atoms with Gasteiger partial charge < -0.3 is 5.32 Å². The van der Waals surface area contributed by atoms with Crippen molar-refractivity contribution in [1.29, 1.82) is 0 Å². The normalized spacial score (nSPS) is 23.1. The summed E-state index contributed by atoms with van der Waals surface area (Å²) >= 11 is 3.35. The zero-order valence-corrected chi connectivity index (χ0v) is 12.8. The van der Waals surface area contributed by atoms with Crippen molar-refractivity contribution in [2.75, 3.05) is 16.8 Å². The summed E-state index contributed by atoms with van der Waals surface area (Å²) in [4.78, 5) is 14.5. The average Bonchev–Trinajstić information content (AvgIpc) is 2.37. The molecule has 1 N–H and O–H groups in total.